The Labute approximate surface area is 98.8 Å². The summed E-state index contributed by atoms with van der Waals surface area (Å²) in [7, 11) is 0. The topological polar surface area (TPSA) is 50.7 Å². The molecule has 0 amide bonds. The molecule has 2 aromatic heterocycles. The van der Waals surface area contributed by atoms with Gasteiger partial charge in [0.05, 0.1) is 0 Å². The standard InChI is InChI=1S/C11H14N4S/c1-2-5-13-11-15-14-10(16-11)7-9-4-3-6-12-8-9/h3-4,6,8H,2,5,7H2,1H3,(H,13,15). The first-order valence-electron chi connectivity index (χ1n) is 5.33. The molecule has 2 heterocycles. The molecule has 0 atom stereocenters. The van der Waals surface area contributed by atoms with E-state index in [1.807, 2.05) is 18.3 Å². The van der Waals surface area contributed by atoms with Gasteiger partial charge in [0.25, 0.3) is 0 Å². The van der Waals surface area contributed by atoms with Crippen LogP contribution in [-0.2, 0) is 6.42 Å². The highest BCUT2D eigenvalue weighted by Crippen LogP contribution is 2.17. The van der Waals surface area contributed by atoms with Crippen LogP contribution in [0.15, 0.2) is 24.5 Å². The van der Waals surface area contributed by atoms with Gasteiger partial charge in [0.1, 0.15) is 5.01 Å². The van der Waals surface area contributed by atoms with Crippen molar-refractivity contribution in [3.8, 4) is 0 Å². The Morgan fingerprint density at radius 1 is 1.38 bits per heavy atom. The summed E-state index contributed by atoms with van der Waals surface area (Å²) in [6.45, 7) is 3.08. The molecule has 5 heteroatoms. The molecule has 0 radical (unpaired) electrons. The van der Waals surface area contributed by atoms with Gasteiger partial charge in [0.2, 0.25) is 5.13 Å². The SMILES string of the molecule is CCCNc1nnc(Cc2cccnc2)s1. The third kappa shape index (κ3) is 3.00. The van der Waals surface area contributed by atoms with Crippen LogP contribution in [0.25, 0.3) is 0 Å². The van der Waals surface area contributed by atoms with Gasteiger partial charge in [-0.2, -0.15) is 0 Å². The van der Waals surface area contributed by atoms with E-state index in [1.165, 1.54) is 5.56 Å². The van der Waals surface area contributed by atoms with Gasteiger partial charge in [-0.3, -0.25) is 4.98 Å². The van der Waals surface area contributed by atoms with Crippen LogP contribution < -0.4 is 5.32 Å². The molecule has 0 aliphatic rings. The van der Waals surface area contributed by atoms with E-state index in [4.69, 9.17) is 0 Å². The van der Waals surface area contributed by atoms with Crippen LogP contribution in [0.4, 0.5) is 5.13 Å². The molecule has 2 rings (SSSR count). The van der Waals surface area contributed by atoms with Gasteiger partial charge in [0.15, 0.2) is 0 Å². The largest absolute Gasteiger partial charge is 0.360 e. The summed E-state index contributed by atoms with van der Waals surface area (Å²) in [6, 6.07) is 3.99. The Morgan fingerprint density at radius 3 is 3.06 bits per heavy atom. The van der Waals surface area contributed by atoms with Gasteiger partial charge in [-0.05, 0) is 18.1 Å². The fourth-order valence-corrected chi connectivity index (χ4v) is 2.11. The van der Waals surface area contributed by atoms with Crippen LogP contribution in [0.5, 0.6) is 0 Å². The van der Waals surface area contributed by atoms with Crippen molar-refractivity contribution in [2.75, 3.05) is 11.9 Å². The quantitative estimate of drug-likeness (QED) is 0.862. The van der Waals surface area contributed by atoms with Gasteiger partial charge < -0.3 is 5.32 Å². The third-order valence-electron chi connectivity index (χ3n) is 2.07. The van der Waals surface area contributed by atoms with Gasteiger partial charge in [-0.25, -0.2) is 0 Å². The maximum Gasteiger partial charge on any atom is 0.205 e. The number of pyridine rings is 1. The summed E-state index contributed by atoms with van der Waals surface area (Å²) in [5.74, 6) is 0. The van der Waals surface area contributed by atoms with Crippen LogP contribution in [0.2, 0.25) is 0 Å². The van der Waals surface area contributed by atoms with E-state index in [2.05, 4.69) is 27.4 Å². The number of aromatic nitrogens is 3. The molecule has 0 saturated carbocycles. The highest BCUT2D eigenvalue weighted by Gasteiger charge is 2.04. The van der Waals surface area contributed by atoms with Crippen molar-refractivity contribution in [1.82, 2.24) is 15.2 Å². The summed E-state index contributed by atoms with van der Waals surface area (Å²) >= 11 is 1.61. The molecule has 0 aliphatic heterocycles. The zero-order chi connectivity index (χ0) is 11.2. The molecule has 0 fully saturated rings. The first-order chi connectivity index (χ1) is 7.88. The number of hydrogen-bond acceptors (Lipinski definition) is 5. The van der Waals surface area contributed by atoms with E-state index in [-0.39, 0.29) is 0 Å². The summed E-state index contributed by atoms with van der Waals surface area (Å²) in [4.78, 5) is 4.08. The van der Waals surface area contributed by atoms with Crippen molar-refractivity contribution in [3.63, 3.8) is 0 Å². The molecule has 0 saturated heterocycles. The smallest absolute Gasteiger partial charge is 0.205 e. The molecule has 4 nitrogen and oxygen atoms in total. The number of anilines is 1. The van der Waals surface area contributed by atoms with Crippen LogP contribution >= 0.6 is 11.3 Å². The van der Waals surface area contributed by atoms with Crippen molar-refractivity contribution < 1.29 is 0 Å². The average molecular weight is 234 g/mol. The normalized spacial score (nSPS) is 10.3. The Kier molecular flexibility index (Phi) is 3.82. The van der Waals surface area contributed by atoms with E-state index in [9.17, 15) is 0 Å². The van der Waals surface area contributed by atoms with E-state index < -0.39 is 0 Å². The lowest BCUT2D eigenvalue weighted by Crippen LogP contribution is -1.98. The Balaban J connectivity index is 1.97. The van der Waals surface area contributed by atoms with Crippen LogP contribution in [0.3, 0.4) is 0 Å². The molecular formula is C11H14N4S. The zero-order valence-corrected chi connectivity index (χ0v) is 10.00. The minimum Gasteiger partial charge on any atom is -0.360 e. The predicted molar refractivity (Wildman–Crippen MR) is 65.7 cm³/mol. The number of rotatable bonds is 5. The molecule has 0 aromatic carbocycles. The molecule has 0 bridgehead atoms. The molecule has 0 spiro atoms. The number of nitrogens with zero attached hydrogens (tertiary/aromatic N) is 3. The molecule has 84 valence electrons. The first-order valence-corrected chi connectivity index (χ1v) is 6.15. The van der Waals surface area contributed by atoms with Crippen LogP contribution in [0, 0.1) is 0 Å². The fraction of sp³-hybridized carbons (Fsp3) is 0.364. The monoisotopic (exact) mass is 234 g/mol. The van der Waals surface area contributed by atoms with E-state index >= 15 is 0 Å². The lowest BCUT2D eigenvalue weighted by atomic mass is 10.2. The summed E-state index contributed by atoms with van der Waals surface area (Å²) in [5.41, 5.74) is 1.17. The Bertz CT molecular complexity index is 427. The summed E-state index contributed by atoms with van der Waals surface area (Å²) in [5, 5.41) is 13.4. The maximum absolute atomic E-state index is 4.14. The average Bonchev–Trinajstić information content (AvgIpc) is 2.75. The Morgan fingerprint density at radius 2 is 2.31 bits per heavy atom. The second-order valence-electron chi connectivity index (χ2n) is 3.47. The number of hydrogen-bond donors (Lipinski definition) is 1. The van der Waals surface area contributed by atoms with E-state index in [0.717, 1.165) is 29.5 Å². The second kappa shape index (κ2) is 5.55. The predicted octanol–water partition coefficient (Wildman–Crippen LogP) is 2.35. The molecule has 0 unspecified atom stereocenters. The summed E-state index contributed by atoms with van der Waals surface area (Å²) in [6.07, 6.45) is 5.54. The van der Waals surface area contributed by atoms with Crippen molar-refractivity contribution in [1.29, 1.82) is 0 Å². The number of nitrogens with one attached hydrogen (secondary N) is 1. The maximum atomic E-state index is 4.14. The Hall–Kier alpha value is -1.49. The van der Waals surface area contributed by atoms with Gasteiger partial charge in [-0.1, -0.05) is 24.3 Å². The van der Waals surface area contributed by atoms with Crippen molar-refractivity contribution in [3.05, 3.63) is 35.1 Å². The second-order valence-corrected chi connectivity index (χ2v) is 4.53. The van der Waals surface area contributed by atoms with E-state index in [1.54, 1.807) is 17.5 Å². The fourth-order valence-electron chi connectivity index (χ4n) is 1.31. The zero-order valence-electron chi connectivity index (χ0n) is 9.18. The molecule has 16 heavy (non-hydrogen) atoms. The molecule has 0 aliphatic carbocycles. The molecule has 2 aromatic rings. The lowest BCUT2D eigenvalue weighted by Gasteiger charge is -1.96. The third-order valence-corrected chi connectivity index (χ3v) is 2.95. The highest BCUT2D eigenvalue weighted by atomic mass is 32.1. The minimum absolute atomic E-state index is 0.805. The van der Waals surface area contributed by atoms with Gasteiger partial charge in [-0.15, -0.1) is 10.2 Å². The highest BCUT2D eigenvalue weighted by molar-refractivity contribution is 7.15. The van der Waals surface area contributed by atoms with Crippen molar-refractivity contribution >= 4 is 16.5 Å². The molecular weight excluding hydrogens is 220 g/mol. The van der Waals surface area contributed by atoms with E-state index in [0.29, 0.717) is 0 Å². The van der Waals surface area contributed by atoms with Gasteiger partial charge >= 0.3 is 0 Å². The van der Waals surface area contributed by atoms with Crippen molar-refractivity contribution in [2.45, 2.75) is 19.8 Å². The molecule has 1 N–H and O–H groups in total. The first kappa shape index (κ1) is 11.0. The van der Waals surface area contributed by atoms with Crippen LogP contribution in [0.1, 0.15) is 23.9 Å². The van der Waals surface area contributed by atoms with Crippen molar-refractivity contribution in [2.24, 2.45) is 0 Å². The minimum atomic E-state index is 0.805. The summed E-state index contributed by atoms with van der Waals surface area (Å²) < 4.78 is 0. The van der Waals surface area contributed by atoms with Crippen LogP contribution in [-0.4, -0.2) is 21.7 Å². The van der Waals surface area contributed by atoms with Gasteiger partial charge in [0, 0.05) is 25.4 Å². The lowest BCUT2D eigenvalue weighted by molar-refractivity contribution is 0.951.